The van der Waals surface area contributed by atoms with Gasteiger partial charge in [-0.3, -0.25) is 5.10 Å². The highest BCUT2D eigenvalue weighted by Crippen LogP contribution is 2.24. The van der Waals surface area contributed by atoms with Gasteiger partial charge in [0.15, 0.2) is 5.82 Å². The van der Waals surface area contributed by atoms with Crippen LogP contribution >= 0.6 is 11.6 Å². The number of H-pyrrole nitrogens is 1. The fourth-order valence-electron chi connectivity index (χ4n) is 1.62. The summed E-state index contributed by atoms with van der Waals surface area (Å²) in [5, 5.41) is 13.2. The average molecular weight is 287 g/mol. The van der Waals surface area contributed by atoms with Gasteiger partial charge in [-0.1, -0.05) is 29.8 Å². The van der Waals surface area contributed by atoms with Crippen molar-refractivity contribution in [1.29, 1.82) is 0 Å². The molecule has 3 rings (SSSR count). The van der Waals surface area contributed by atoms with Gasteiger partial charge >= 0.3 is 0 Å². The maximum atomic E-state index is 6.09. The summed E-state index contributed by atoms with van der Waals surface area (Å²) in [6.07, 6.45) is 4.90. The van der Waals surface area contributed by atoms with Gasteiger partial charge in [-0.2, -0.15) is 10.1 Å². The van der Waals surface area contributed by atoms with E-state index in [1.165, 1.54) is 0 Å². The average Bonchev–Trinajstić information content (AvgIpc) is 2.97. The Bertz CT molecular complexity index is 683. The smallest absolute Gasteiger partial charge is 0.229 e. The summed E-state index contributed by atoms with van der Waals surface area (Å²) in [6.45, 7) is 0. The lowest BCUT2D eigenvalue weighted by Gasteiger charge is -2.09. The zero-order valence-electron chi connectivity index (χ0n) is 10.3. The van der Waals surface area contributed by atoms with Crippen LogP contribution in [0.25, 0.3) is 0 Å². The molecule has 100 valence electrons. The lowest BCUT2D eigenvalue weighted by molar-refractivity contribution is 1.09. The van der Waals surface area contributed by atoms with Gasteiger partial charge in [0.25, 0.3) is 0 Å². The van der Waals surface area contributed by atoms with E-state index in [9.17, 15) is 0 Å². The Morgan fingerprint density at radius 2 is 1.85 bits per heavy atom. The second-order valence-electron chi connectivity index (χ2n) is 3.99. The summed E-state index contributed by atoms with van der Waals surface area (Å²) in [5.41, 5.74) is 1.68. The van der Waals surface area contributed by atoms with Crippen LogP contribution in [0.5, 0.6) is 0 Å². The molecule has 0 amide bonds. The monoisotopic (exact) mass is 286 g/mol. The van der Waals surface area contributed by atoms with Crippen LogP contribution in [-0.4, -0.2) is 20.2 Å². The van der Waals surface area contributed by atoms with Crippen molar-refractivity contribution in [2.75, 3.05) is 10.6 Å². The summed E-state index contributed by atoms with van der Waals surface area (Å²) in [6, 6.07) is 9.67. The number of para-hydroxylation sites is 1. The van der Waals surface area contributed by atoms with E-state index in [-0.39, 0.29) is 0 Å². The second kappa shape index (κ2) is 5.58. The van der Waals surface area contributed by atoms with E-state index in [1.54, 1.807) is 18.6 Å². The molecule has 3 aromatic rings. The summed E-state index contributed by atoms with van der Waals surface area (Å²) in [4.78, 5) is 8.46. The van der Waals surface area contributed by atoms with Crippen LogP contribution in [0.15, 0.2) is 48.9 Å². The number of halogens is 1. The quantitative estimate of drug-likeness (QED) is 0.685. The minimum Gasteiger partial charge on any atom is -0.339 e. The predicted molar refractivity (Wildman–Crippen MR) is 78.6 cm³/mol. The summed E-state index contributed by atoms with van der Waals surface area (Å²) >= 11 is 6.09. The lowest BCUT2D eigenvalue weighted by atomic mass is 10.3. The number of nitrogens with one attached hydrogen (secondary N) is 3. The van der Waals surface area contributed by atoms with Crippen molar-refractivity contribution in [2.24, 2.45) is 0 Å². The zero-order chi connectivity index (χ0) is 13.8. The molecule has 7 heteroatoms. The first kappa shape index (κ1) is 12.4. The molecule has 20 heavy (non-hydrogen) atoms. The third-order valence-corrected chi connectivity index (χ3v) is 2.81. The normalized spacial score (nSPS) is 10.2. The van der Waals surface area contributed by atoms with Crippen molar-refractivity contribution >= 4 is 34.7 Å². The lowest BCUT2D eigenvalue weighted by Crippen LogP contribution is -2.00. The van der Waals surface area contributed by atoms with Crippen LogP contribution in [0.2, 0.25) is 5.02 Å². The van der Waals surface area contributed by atoms with E-state index in [2.05, 4.69) is 30.8 Å². The molecule has 0 aliphatic rings. The third kappa shape index (κ3) is 2.86. The van der Waals surface area contributed by atoms with Gasteiger partial charge in [-0.25, -0.2) is 4.98 Å². The van der Waals surface area contributed by atoms with E-state index in [4.69, 9.17) is 11.6 Å². The predicted octanol–water partition coefficient (Wildman–Crippen LogP) is 3.34. The van der Waals surface area contributed by atoms with E-state index < -0.39 is 0 Å². The Hall–Kier alpha value is -2.60. The van der Waals surface area contributed by atoms with E-state index in [0.29, 0.717) is 16.8 Å². The first-order chi connectivity index (χ1) is 9.81. The van der Waals surface area contributed by atoms with Gasteiger partial charge in [0, 0.05) is 11.9 Å². The molecule has 0 aliphatic heterocycles. The van der Waals surface area contributed by atoms with Gasteiger partial charge in [-0.05, 0) is 12.1 Å². The fourth-order valence-corrected chi connectivity index (χ4v) is 1.76. The van der Waals surface area contributed by atoms with Gasteiger partial charge < -0.3 is 10.6 Å². The SMILES string of the molecule is Clc1cnc(Nc2cn[nH]c2)nc1Nc1ccccc1. The molecule has 0 saturated heterocycles. The standard InChI is InChI=1S/C13H11ClN6/c14-11-8-15-13(19-10-6-16-17-7-10)20-12(11)18-9-4-2-1-3-5-9/h1-8H,(H,16,17)(H2,15,18,19,20). The molecule has 0 unspecified atom stereocenters. The van der Waals surface area contributed by atoms with Crippen LogP contribution in [0.4, 0.5) is 23.1 Å². The molecule has 2 aromatic heterocycles. The molecule has 0 atom stereocenters. The zero-order valence-corrected chi connectivity index (χ0v) is 11.1. The minimum atomic E-state index is 0.439. The summed E-state index contributed by atoms with van der Waals surface area (Å²) in [5.74, 6) is 0.980. The van der Waals surface area contributed by atoms with E-state index in [0.717, 1.165) is 11.4 Å². The van der Waals surface area contributed by atoms with Crippen molar-refractivity contribution in [2.45, 2.75) is 0 Å². The van der Waals surface area contributed by atoms with Crippen LogP contribution in [0.1, 0.15) is 0 Å². The molecule has 0 spiro atoms. The number of rotatable bonds is 4. The van der Waals surface area contributed by atoms with Gasteiger partial charge in [-0.15, -0.1) is 0 Å². The first-order valence-electron chi connectivity index (χ1n) is 5.92. The maximum Gasteiger partial charge on any atom is 0.229 e. The molecular formula is C13H11ClN6. The third-order valence-electron chi connectivity index (χ3n) is 2.53. The highest BCUT2D eigenvalue weighted by Gasteiger charge is 2.06. The molecule has 0 fully saturated rings. The van der Waals surface area contributed by atoms with Crippen LogP contribution in [-0.2, 0) is 0 Å². The number of hydrogen-bond acceptors (Lipinski definition) is 5. The van der Waals surface area contributed by atoms with Crippen molar-refractivity contribution in [3.63, 3.8) is 0 Å². The Morgan fingerprint density at radius 3 is 2.60 bits per heavy atom. The Balaban J connectivity index is 1.83. The number of anilines is 4. The fraction of sp³-hybridized carbons (Fsp3) is 0. The molecule has 0 bridgehead atoms. The highest BCUT2D eigenvalue weighted by molar-refractivity contribution is 6.32. The van der Waals surface area contributed by atoms with Crippen molar-refractivity contribution in [3.8, 4) is 0 Å². The number of nitrogens with zero attached hydrogens (tertiary/aromatic N) is 3. The van der Waals surface area contributed by atoms with Gasteiger partial charge in [0.2, 0.25) is 5.95 Å². The van der Waals surface area contributed by atoms with Crippen molar-refractivity contribution in [1.82, 2.24) is 20.2 Å². The molecule has 0 saturated carbocycles. The molecule has 0 radical (unpaired) electrons. The maximum absolute atomic E-state index is 6.09. The molecule has 3 N–H and O–H groups in total. The second-order valence-corrected chi connectivity index (χ2v) is 4.40. The molecule has 2 heterocycles. The number of aromatic amines is 1. The van der Waals surface area contributed by atoms with Crippen molar-refractivity contribution < 1.29 is 0 Å². The first-order valence-corrected chi connectivity index (χ1v) is 6.29. The van der Waals surface area contributed by atoms with Crippen LogP contribution in [0.3, 0.4) is 0 Å². The van der Waals surface area contributed by atoms with Gasteiger partial charge in [0.1, 0.15) is 5.02 Å². The molecule has 6 nitrogen and oxygen atoms in total. The van der Waals surface area contributed by atoms with Gasteiger partial charge in [0.05, 0.1) is 18.1 Å². The largest absolute Gasteiger partial charge is 0.339 e. The van der Waals surface area contributed by atoms with Crippen LogP contribution < -0.4 is 10.6 Å². The van der Waals surface area contributed by atoms with Crippen LogP contribution in [0, 0.1) is 0 Å². The number of benzene rings is 1. The molecule has 1 aromatic carbocycles. The highest BCUT2D eigenvalue weighted by atomic mass is 35.5. The van der Waals surface area contributed by atoms with Crippen molar-refractivity contribution in [3.05, 3.63) is 53.9 Å². The number of aromatic nitrogens is 4. The molecule has 0 aliphatic carbocycles. The topological polar surface area (TPSA) is 78.5 Å². The summed E-state index contributed by atoms with van der Waals surface area (Å²) < 4.78 is 0. The van der Waals surface area contributed by atoms with E-state index >= 15 is 0 Å². The van der Waals surface area contributed by atoms with E-state index in [1.807, 2.05) is 30.3 Å². The Kier molecular flexibility index (Phi) is 3.47. The minimum absolute atomic E-state index is 0.439. The summed E-state index contributed by atoms with van der Waals surface area (Å²) in [7, 11) is 0. The Morgan fingerprint density at radius 1 is 1.00 bits per heavy atom. The number of hydrogen-bond donors (Lipinski definition) is 3. The molecular weight excluding hydrogens is 276 g/mol. The Labute approximate surface area is 120 Å².